The molecule has 0 aliphatic carbocycles. The Labute approximate surface area is 314 Å². The standard InChI is InChI=1S/C52H35NO/c1-4-13-36(14-5-1)38-23-28-43(29-24-38)53(45-20-12-19-41(33-45)37-15-6-2-7-16-37)44-30-25-39(26-31-44)42-27-32-50-49(34-42)52-47-22-11-10-21-46(47)48(35-51(52)54-50)40-17-8-3-9-18-40/h1-35H. The molecule has 254 valence electrons. The third-order valence-corrected chi connectivity index (χ3v) is 10.5. The monoisotopic (exact) mass is 689 g/mol. The summed E-state index contributed by atoms with van der Waals surface area (Å²) in [7, 11) is 0. The van der Waals surface area contributed by atoms with Crippen LogP contribution < -0.4 is 4.90 Å². The van der Waals surface area contributed by atoms with Gasteiger partial charge in [-0.25, -0.2) is 0 Å². The number of anilines is 3. The van der Waals surface area contributed by atoms with Gasteiger partial charge in [0.1, 0.15) is 11.2 Å². The highest BCUT2D eigenvalue weighted by molar-refractivity contribution is 6.22. The average Bonchev–Trinajstić information content (AvgIpc) is 3.63. The Hall–Kier alpha value is -7.16. The summed E-state index contributed by atoms with van der Waals surface area (Å²) in [6.45, 7) is 0. The molecule has 0 aliphatic heterocycles. The van der Waals surface area contributed by atoms with Crippen molar-refractivity contribution >= 4 is 49.8 Å². The summed E-state index contributed by atoms with van der Waals surface area (Å²) in [6.07, 6.45) is 0. The third kappa shape index (κ3) is 5.71. The molecule has 0 spiro atoms. The van der Waals surface area contributed by atoms with Gasteiger partial charge < -0.3 is 9.32 Å². The summed E-state index contributed by atoms with van der Waals surface area (Å²) in [5.41, 5.74) is 14.5. The molecule has 0 aliphatic rings. The van der Waals surface area contributed by atoms with Crippen LogP contribution in [-0.4, -0.2) is 0 Å². The number of fused-ring (bicyclic) bond motifs is 5. The summed E-state index contributed by atoms with van der Waals surface area (Å²) >= 11 is 0. The lowest BCUT2D eigenvalue weighted by Crippen LogP contribution is -2.10. The van der Waals surface area contributed by atoms with Gasteiger partial charge in [-0.2, -0.15) is 0 Å². The van der Waals surface area contributed by atoms with Crippen LogP contribution in [0.25, 0.3) is 77.2 Å². The van der Waals surface area contributed by atoms with E-state index < -0.39 is 0 Å². The first-order valence-corrected chi connectivity index (χ1v) is 18.4. The Morgan fingerprint density at radius 1 is 0.278 bits per heavy atom. The molecule has 0 N–H and O–H groups in total. The van der Waals surface area contributed by atoms with E-state index in [0.29, 0.717) is 0 Å². The second kappa shape index (κ2) is 13.4. The third-order valence-electron chi connectivity index (χ3n) is 10.5. The number of hydrogen-bond donors (Lipinski definition) is 0. The lowest BCUT2D eigenvalue weighted by atomic mass is 9.94. The molecule has 2 nitrogen and oxygen atoms in total. The molecule has 10 aromatic rings. The van der Waals surface area contributed by atoms with Crippen LogP contribution in [0.15, 0.2) is 217 Å². The zero-order valence-corrected chi connectivity index (χ0v) is 29.6. The van der Waals surface area contributed by atoms with Gasteiger partial charge in [0.25, 0.3) is 0 Å². The summed E-state index contributed by atoms with van der Waals surface area (Å²) in [6, 6.07) is 75.7. The van der Waals surface area contributed by atoms with Gasteiger partial charge in [0, 0.05) is 27.8 Å². The molecule has 2 heteroatoms. The lowest BCUT2D eigenvalue weighted by molar-refractivity contribution is 0.669. The molecule has 10 rings (SSSR count). The Morgan fingerprint density at radius 2 is 0.759 bits per heavy atom. The van der Waals surface area contributed by atoms with Crippen molar-refractivity contribution < 1.29 is 4.42 Å². The second-order valence-electron chi connectivity index (χ2n) is 13.7. The smallest absolute Gasteiger partial charge is 0.136 e. The van der Waals surface area contributed by atoms with Gasteiger partial charge in [-0.05, 0) is 110 Å². The molecule has 0 saturated carbocycles. The zero-order valence-electron chi connectivity index (χ0n) is 29.6. The molecule has 0 amide bonds. The summed E-state index contributed by atoms with van der Waals surface area (Å²) < 4.78 is 6.53. The predicted molar refractivity (Wildman–Crippen MR) is 228 cm³/mol. The van der Waals surface area contributed by atoms with Gasteiger partial charge in [0.2, 0.25) is 0 Å². The topological polar surface area (TPSA) is 16.4 Å². The zero-order chi connectivity index (χ0) is 35.8. The van der Waals surface area contributed by atoms with E-state index in [0.717, 1.165) is 50.1 Å². The van der Waals surface area contributed by atoms with Crippen molar-refractivity contribution in [2.45, 2.75) is 0 Å². The Morgan fingerprint density at radius 3 is 1.41 bits per heavy atom. The first kappa shape index (κ1) is 31.6. The minimum atomic E-state index is 0.893. The van der Waals surface area contributed by atoms with Gasteiger partial charge in [0.05, 0.1) is 0 Å². The highest BCUT2D eigenvalue weighted by Crippen LogP contribution is 2.42. The summed E-state index contributed by atoms with van der Waals surface area (Å²) in [5.74, 6) is 0. The number of hydrogen-bond acceptors (Lipinski definition) is 2. The van der Waals surface area contributed by atoms with E-state index in [-0.39, 0.29) is 0 Å². The SMILES string of the molecule is c1ccc(-c2ccc(N(c3ccc(-c4ccc5oc6cc(-c7ccccc7)c7ccccc7c6c5c4)cc3)c3cccc(-c4ccccc4)c3)cc2)cc1. The number of benzene rings is 9. The molecule has 0 radical (unpaired) electrons. The van der Waals surface area contributed by atoms with Gasteiger partial charge >= 0.3 is 0 Å². The molecule has 0 fully saturated rings. The van der Waals surface area contributed by atoms with Crippen LogP contribution in [0.1, 0.15) is 0 Å². The first-order chi connectivity index (χ1) is 26.8. The van der Waals surface area contributed by atoms with Crippen LogP contribution in [0.2, 0.25) is 0 Å². The molecule has 0 saturated heterocycles. The van der Waals surface area contributed by atoms with Crippen LogP contribution in [0.3, 0.4) is 0 Å². The molecule has 1 heterocycles. The van der Waals surface area contributed by atoms with Crippen molar-refractivity contribution in [3.63, 3.8) is 0 Å². The minimum absolute atomic E-state index is 0.893. The fraction of sp³-hybridized carbons (Fsp3) is 0. The van der Waals surface area contributed by atoms with Crippen LogP contribution in [0.5, 0.6) is 0 Å². The Balaban J connectivity index is 1.06. The molecule has 1 aromatic heterocycles. The van der Waals surface area contributed by atoms with E-state index >= 15 is 0 Å². The van der Waals surface area contributed by atoms with Crippen LogP contribution in [0, 0.1) is 0 Å². The predicted octanol–water partition coefficient (Wildman–Crippen LogP) is 14.9. The maximum atomic E-state index is 6.53. The Bertz CT molecular complexity index is 2890. The minimum Gasteiger partial charge on any atom is -0.456 e. The Kier molecular flexibility index (Phi) is 7.85. The van der Waals surface area contributed by atoms with Gasteiger partial charge in [0.15, 0.2) is 0 Å². The number of nitrogens with zero attached hydrogens (tertiary/aromatic N) is 1. The van der Waals surface area contributed by atoms with Crippen molar-refractivity contribution in [1.82, 2.24) is 0 Å². The van der Waals surface area contributed by atoms with E-state index in [9.17, 15) is 0 Å². The lowest BCUT2D eigenvalue weighted by Gasteiger charge is -2.26. The quantitative estimate of drug-likeness (QED) is 0.166. The molecule has 0 atom stereocenters. The molecule has 54 heavy (non-hydrogen) atoms. The summed E-state index contributed by atoms with van der Waals surface area (Å²) in [4.78, 5) is 2.34. The van der Waals surface area contributed by atoms with Crippen molar-refractivity contribution in [3.8, 4) is 44.5 Å². The molecule has 0 bridgehead atoms. The molecule has 9 aromatic carbocycles. The van der Waals surface area contributed by atoms with Crippen LogP contribution in [-0.2, 0) is 0 Å². The van der Waals surface area contributed by atoms with Gasteiger partial charge in [-0.15, -0.1) is 0 Å². The molecule has 0 unspecified atom stereocenters. The van der Waals surface area contributed by atoms with Crippen LogP contribution >= 0.6 is 0 Å². The van der Waals surface area contributed by atoms with E-state index in [1.54, 1.807) is 0 Å². The maximum absolute atomic E-state index is 6.53. The largest absolute Gasteiger partial charge is 0.456 e. The van der Waals surface area contributed by atoms with E-state index in [2.05, 4.69) is 217 Å². The highest BCUT2D eigenvalue weighted by atomic mass is 16.3. The fourth-order valence-corrected chi connectivity index (χ4v) is 7.82. The van der Waals surface area contributed by atoms with Crippen molar-refractivity contribution in [2.24, 2.45) is 0 Å². The average molecular weight is 690 g/mol. The van der Waals surface area contributed by atoms with E-state index in [4.69, 9.17) is 4.42 Å². The fourth-order valence-electron chi connectivity index (χ4n) is 7.82. The maximum Gasteiger partial charge on any atom is 0.136 e. The van der Waals surface area contributed by atoms with Crippen molar-refractivity contribution in [3.05, 3.63) is 212 Å². The van der Waals surface area contributed by atoms with Gasteiger partial charge in [-0.3, -0.25) is 0 Å². The second-order valence-corrected chi connectivity index (χ2v) is 13.7. The summed E-state index contributed by atoms with van der Waals surface area (Å²) in [5, 5.41) is 4.70. The number of furan rings is 1. The number of rotatable bonds is 7. The highest BCUT2D eigenvalue weighted by Gasteiger charge is 2.17. The van der Waals surface area contributed by atoms with Crippen molar-refractivity contribution in [1.29, 1.82) is 0 Å². The van der Waals surface area contributed by atoms with E-state index in [1.807, 2.05) is 0 Å². The van der Waals surface area contributed by atoms with E-state index in [1.165, 1.54) is 44.2 Å². The molecular weight excluding hydrogens is 655 g/mol. The first-order valence-electron chi connectivity index (χ1n) is 18.4. The molecular formula is C52H35NO. The van der Waals surface area contributed by atoms with Crippen LogP contribution in [0.4, 0.5) is 17.1 Å². The normalized spacial score (nSPS) is 11.3. The van der Waals surface area contributed by atoms with Crippen molar-refractivity contribution in [2.75, 3.05) is 4.90 Å². The van der Waals surface area contributed by atoms with Gasteiger partial charge in [-0.1, -0.05) is 158 Å².